The number of fused-ring (bicyclic) bond motifs is 1. The second-order valence-electron chi connectivity index (χ2n) is 5.11. The lowest BCUT2D eigenvalue weighted by Crippen LogP contribution is -2.41. The molecule has 3 aromatic rings. The molecule has 0 fully saturated rings. The quantitative estimate of drug-likeness (QED) is 0.587. The molecule has 0 unspecified atom stereocenters. The molecule has 7 heteroatoms. The number of thiophene rings is 1. The van der Waals surface area contributed by atoms with Gasteiger partial charge in [-0.3, -0.25) is 20.4 Å². The fourth-order valence-corrected chi connectivity index (χ4v) is 3.93. The van der Waals surface area contributed by atoms with Gasteiger partial charge in [-0.05, 0) is 30.7 Å². The molecule has 0 atom stereocenters. The average molecular weight is 424 g/mol. The molecule has 1 aromatic heterocycles. The van der Waals surface area contributed by atoms with Crippen LogP contribution in [0.5, 0.6) is 0 Å². The van der Waals surface area contributed by atoms with Gasteiger partial charge in [0.2, 0.25) is 0 Å². The molecule has 3 rings (SSSR count). The molecule has 24 heavy (non-hydrogen) atoms. The van der Waals surface area contributed by atoms with Crippen LogP contribution in [-0.4, -0.2) is 11.8 Å². The Morgan fingerprint density at radius 3 is 2.50 bits per heavy atom. The van der Waals surface area contributed by atoms with E-state index in [-0.39, 0.29) is 0 Å². The van der Waals surface area contributed by atoms with E-state index in [1.54, 1.807) is 12.1 Å². The number of hydrogen-bond donors (Lipinski definition) is 2. The van der Waals surface area contributed by atoms with Gasteiger partial charge in [0.15, 0.2) is 0 Å². The Bertz CT molecular complexity index is 955. The molecular weight excluding hydrogens is 412 g/mol. The number of nitrogens with one attached hydrogen (secondary N) is 2. The number of rotatable bonds is 2. The lowest BCUT2D eigenvalue weighted by atomic mass is 10.1. The van der Waals surface area contributed by atoms with Gasteiger partial charge in [0, 0.05) is 20.1 Å². The van der Waals surface area contributed by atoms with E-state index in [9.17, 15) is 9.59 Å². The maximum Gasteiger partial charge on any atom is 0.281 e. The summed E-state index contributed by atoms with van der Waals surface area (Å²) in [4.78, 5) is 24.8. The summed E-state index contributed by atoms with van der Waals surface area (Å²) in [5.74, 6) is -0.845. The van der Waals surface area contributed by atoms with Crippen molar-refractivity contribution in [3.05, 3.63) is 68.0 Å². The SMILES string of the molecule is Cc1ccc(C(=O)NNC(=O)c2sc3ccccc3c2Cl)cc1Br. The molecule has 0 aliphatic carbocycles. The summed E-state index contributed by atoms with van der Waals surface area (Å²) in [6.45, 7) is 1.93. The minimum atomic E-state index is -0.444. The fourth-order valence-electron chi connectivity index (χ4n) is 2.14. The smallest absolute Gasteiger partial charge is 0.267 e. The molecule has 1 heterocycles. The van der Waals surface area contributed by atoms with Gasteiger partial charge in [0.25, 0.3) is 11.8 Å². The highest BCUT2D eigenvalue weighted by Crippen LogP contribution is 2.34. The average Bonchev–Trinajstić information content (AvgIpc) is 2.92. The Labute approximate surface area is 155 Å². The predicted molar refractivity (Wildman–Crippen MR) is 101 cm³/mol. The van der Waals surface area contributed by atoms with E-state index in [1.807, 2.05) is 37.3 Å². The van der Waals surface area contributed by atoms with Crippen LogP contribution in [0.15, 0.2) is 46.9 Å². The molecule has 4 nitrogen and oxygen atoms in total. The Kier molecular flexibility index (Phi) is 4.89. The minimum absolute atomic E-state index is 0.364. The van der Waals surface area contributed by atoms with E-state index < -0.39 is 11.8 Å². The fraction of sp³-hybridized carbons (Fsp3) is 0.0588. The van der Waals surface area contributed by atoms with E-state index in [2.05, 4.69) is 26.8 Å². The van der Waals surface area contributed by atoms with E-state index >= 15 is 0 Å². The summed E-state index contributed by atoms with van der Waals surface area (Å²) in [5, 5.41) is 1.21. The predicted octanol–water partition coefficient (Wildman–Crippen LogP) is 4.70. The number of benzene rings is 2. The maximum absolute atomic E-state index is 12.3. The van der Waals surface area contributed by atoms with Gasteiger partial charge in [0.05, 0.1) is 5.02 Å². The van der Waals surface area contributed by atoms with Crippen LogP contribution in [0.25, 0.3) is 10.1 Å². The first-order valence-corrected chi connectivity index (χ1v) is 9.00. The minimum Gasteiger partial charge on any atom is -0.267 e. The standard InChI is InChI=1S/C17H12BrClN2O2S/c1-9-6-7-10(8-12(9)18)16(22)20-21-17(23)15-14(19)11-4-2-3-5-13(11)24-15/h2-8H,1H3,(H,20,22)(H,21,23). The number of halogens is 2. The molecule has 0 saturated carbocycles. The van der Waals surface area contributed by atoms with Crippen LogP contribution in [0, 0.1) is 6.92 Å². The Hall–Kier alpha value is -1.89. The van der Waals surface area contributed by atoms with Crippen LogP contribution in [0.2, 0.25) is 5.02 Å². The van der Waals surface area contributed by atoms with Crippen molar-refractivity contribution in [2.75, 3.05) is 0 Å². The first kappa shape index (κ1) is 17.0. The summed E-state index contributed by atoms with van der Waals surface area (Å²) in [5.41, 5.74) is 6.27. The van der Waals surface area contributed by atoms with E-state index in [1.165, 1.54) is 11.3 Å². The second kappa shape index (κ2) is 6.93. The van der Waals surface area contributed by atoms with Crippen LogP contribution < -0.4 is 10.9 Å². The zero-order valence-electron chi connectivity index (χ0n) is 12.5. The van der Waals surface area contributed by atoms with Crippen LogP contribution >= 0.6 is 38.9 Å². The normalized spacial score (nSPS) is 10.6. The van der Waals surface area contributed by atoms with Gasteiger partial charge in [-0.2, -0.15) is 0 Å². The van der Waals surface area contributed by atoms with E-state index in [0.29, 0.717) is 15.5 Å². The number of aryl methyl sites for hydroxylation is 1. The number of carbonyl (C=O) groups is 2. The Morgan fingerprint density at radius 1 is 1.08 bits per heavy atom. The molecule has 122 valence electrons. The molecule has 2 N–H and O–H groups in total. The van der Waals surface area contributed by atoms with Crippen LogP contribution in [0.3, 0.4) is 0 Å². The van der Waals surface area contributed by atoms with Crippen LogP contribution in [0.4, 0.5) is 0 Å². The van der Waals surface area contributed by atoms with Gasteiger partial charge in [-0.1, -0.05) is 51.8 Å². The highest BCUT2D eigenvalue weighted by Gasteiger charge is 2.17. The zero-order valence-corrected chi connectivity index (χ0v) is 15.7. The molecule has 0 spiro atoms. The van der Waals surface area contributed by atoms with Crippen molar-refractivity contribution in [2.24, 2.45) is 0 Å². The summed E-state index contributed by atoms with van der Waals surface area (Å²) < 4.78 is 1.75. The highest BCUT2D eigenvalue weighted by molar-refractivity contribution is 9.10. The first-order chi connectivity index (χ1) is 11.5. The summed E-state index contributed by atoms with van der Waals surface area (Å²) in [6, 6.07) is 12.7. The first-order valence-electron chi connectivity index (χ1n) is 7.01. The largest absolute Gasteiger partial charge is 0.281 e. The lowest BCUT2D eigenvalue weighted by molar-refractivity contribution is 0.0849. The summed E-state index contributed by atoms with van der Waals surface area (Å²) >= 11 is 10.9. The number of hydrazine groups is 1. The molecule has 0 aliphatic heterocycles. The van der Waals surface area contributed by atoms with Gasteiger partial charge >= 0.3 is 0 Å². The third-order valence-electron chi connectivity index (χ3n) is 3.46. The Morgan fingerprint density at radius 2 is 1.79 bits per heavy atom. The molecule has 2 amide bonds. The Balaban J connectivity index is 1.73. The molecule has 0 radical (unpaired) electrons. The van der Waals surface area contributed by atoms with Crippen LogP contribution in [-0.2, 0) is 0 Å². The van der Waals surface area contributed by atoms with Gasteiger partial charge in [-0.25, -0.2) is 0 Å². The zero-order chi connectivity index (χ0) is 17.3. The summed E-state index contributed by atoms with van der Waals surface area (Å²) in [6.07, 6.45) is 0. The van der Waals surface area contributed by atoms with Gasteiger partial charge < -0.3 is 0 Å². The van der Waals surface area contributed by atoms with Gasteiger partial charge in [0.1, 0.15) is 4.88 Å². The molecule has 0 saturated heterocycles. The number of hydrogen-bond acceptors (Lipinski definition) is 3. The maximum atomic E-state index is 12.3. The lowest BCUT2D eigenvalue weighted by Gasteiger charge is -2.07. The van der Waals surface area contributed by atoms with E-state index in [0.717, 1.165) is 20.1 Å². The van der Waals surface area contributed by atoms with Crippen molar-refractivity contribution in [1.82, 2.24) is 10.9 Å². The molecule has 0 aliphatic rings. The van der Waals surface area contributed by atoms with Crippen molar-refractivity contribution in [3.63, 3.8) is 0 Å². The topological polar surface area (TPSA) is 58.2 Å². The van der Waals surface area contributed by atoms with Gasteiger partial charge in [-0.15, -0.1) is 11.3 Å². The second-order valence-corrected chi connectivity index (χ2v) is 7.40. The van der Waals surface area contributed by atoms with Crippen molar-refractivity contribution < 1.29 is 9.59 Å². The van der Waals surface area contributed by atoms with Crippen LogP contribution in [0.1, 0.15) is 25.6 Å². The third-order valence-corrected chi connectivity index (χ3v) is 5.99. The monoisotopic (exact) mass is 422 g/mol. The van der Waals surface area contributed by atoms with E-state index in [4.69, 9.17) is 11.6 Å². The van der Waals surface area contributed by atoms with Crippen molar-refractivity contribution in [2.45, 2.75) is 6.92 Å². The molecular formula is C17H12BrClN2O2S. The number of carbonyl (C=O) groups excluding carboxylic acids is 2. The molecule has 0 bridgehead atoms. The van der Waals surface area contributed by atoms with Crippen molar-refractivity contribution in [1.29, 1.82) is 0 Å². The van der Waals surface area contributed by atoms with Crippen molar-refractivity contribution in [3.8, 4) is 0 Å². The highest BCUT2D eigenvalue weighted by atomic mass is 79.9. The summed E-state index contributed by atoms with van der Waals surface area (Å²) in [7, 11) is 0. The molecule has 2 aromatic carbocycles. The number of amides is 2. The van der Waals surface area contributed by atoms with Crippen molar-refractivity contribution >= 4 is 60.8 Å². The third kappa shape index (κ3) is 3.31.